The number of fused-ring (bicyclic) bond motifs is 2. The molecule has 0 bridgehead atoms. The van der Waals surface area contributed by atoms with Gasteiger partial charge in [-0.3, -0.25) is 4.79 Å². The molecule has 3 heterocycles. The molecule has 5 rings (SSSR count). The normalized spacial score (nSPS) is 18.9. The molecule has 0 radical (unpaired) electrons. The van der Waals surface area contributed by atoms with Gasteiger partial charge in [0.1, 0.15) is 18.2 Å². The molecular formula is C20H13FN2O2. The van der Waals surface area contributed by atoms with Crippen molar-refractivity contribution >= 4 is 33.6 Å². The third-order valence-corrected chi connectivity index (χ3v) is 4.59. The molecule has 1 aromatic heterocycles. The molecule has 0 saturated heterocycles. The van der Waals surface area contributed by atoms with Crippen LogP contribution in [0.4, 0.5) is 10.1 Å². The molecule has 3 aromatic rings. The van der Waals surface area contributed by atoms with E-state index in [1.54, 1.807) is 6.07 Å². The van der Waals surface area contributed by atoms with Crippen LogP contribution in [0.15, 0.2) is 60.5 Å². The van der Waals surface area contributed by atoms with Crippen molar-refractivity contribution in [2.24, 2.45) is 0 Å². The minimum Gasteiger partial charge on any atom is -0.488 e. The van der Waals surface area contributed by atoms with E-state index in [0.717, 1.165) is 22.0 Å². The summed E-state index contributed by atoms with van der Waals surface area (Å²) in [4.78, 5) is 15.5. The summed E-state index contributed by atoms with van der Waals surface area (Å²) in [5, 5.41) is 3.81. The number of allylic oxidation sites excluding steroid dienone is 1. The maximum absolute atomic E-state index is 13.4. The van der Waals surface area contributed by atoms with E-state index in [1.807, 2.05) is 30.5 Å². The summed E-state index contributed by atoms with van der Waals surface area (Å²) in [5.41, 5.74) is 4.74. The topological polar surface area (TPSA) is 54.1 Å². The van der Waals surface area contributed by atoms with Gasteiger partial charge in [0.05, 0.1) is 11.3 Å². The van der Waals surface area contributed by atoms with Gasteiger partial charge in [-0.15, -0.1) is 0 Å². The van der Waals surface area contributed by atoms with Crippen molar-refractivity contribution in [1.82, 2.24) is 4.98 Å². The van der Waals surface area contributed by atoms with Crippen molar-refractivity contribution in [3.05, 3.63) is 77.4 Å². The molecule has 122 valence electrons. The smallest absolute Gasteiger partial charge is 0.260 e. The summed E-state index contributed by atoms with van der Waals surface area (Å²) < 4.78 is 19.1. The number of halogens is 1. The molecule has 25 heavy (non-hydrogen) atoms. The molecule has 2 aromatic carbocycles. The van der Waals surface area contributed by atoms with Gasteiger partial charge in [0.25, 0.3) is 5.91 Å². The molecule has 0 atom stereocenters. The maximum atomic E-state index is 13.4. The van der Waals surface area contributed by atoms with Gasteiger partial charge in [0, 0.05) is 22.9 Å². The number of ether oxygens (including phenoxy) is 1. The highest BCUT2D eigenvalue weighted by Crippen LogP contribution is 2.38. The lowest BCUT2D eigenvalue weighted by Gasteiger charge is -2.03. The van der Waals surface area contributed by atoms with Crippen molar-refractivity contribution in [2.75, 3.05) is 11.9 Å². The first-order valence-corrected chi connectivity index (χ1v) is 7.95. The minimum absolute atomic E-state index is 0.269. The number of anilines is 1. The summed E-state index contributed by atoms with van der Waals surface area (Å²) in [6.07, 6.45) is 3.79. The summed E-state index contributed by atoms with van der Waals surface area (Å²) in [6, 6.07) is 12.4. The Morgan fingerprint density at radius 2 is 2.00 bits per heavy atom. The summed E-state index contributed by atoms with van der Waals surface area (Å²) >= 11 is 0. The predicted molar refractivity (Wildman–Crippen MR) is 94.2 cm³/mol. The second kappa shape index (κ2) is 5.08. The first-order valence-electron chi connectivity index (χ1n) is 7.95. The number of H-pyrrole nitrogens is 1. The zero-order valence-electron chi connectivity index (χ0n) is 13.1. The molecule has 0 fully saturated rings. The second-order valence-corrected chi connectivity index (χ2v) is 6.12. The molecule has 0 spiro atoms. The number of rotatable bonds is 1. The number of amides is 1. The second-order valence-electron chi connectivity index (χ2n) is 6.12. The van der Waals surface area contributed by atoms with E-state index >= 15 is 0 Å². The van der Waals surface area contributed by atoms with Gasteiger partial charge >= 0.3 is 0 Å². The summed E-state index contributed by atoms with van der Waals surface area (Å²) in [6.45, 7) is 0.401. The highest BCUT2D eigenvalue weighted by molar-refractivity contribution is 6.32. The monoisotopic (exact) mass is 332 g/mol. The Morgan fingerprint density at radius 3 is 2.92 bits per heavy atom. The van der Waals surface area contributed by atoms with Crippen molar-refractivity contribution < 1.29 is 13.9 Å². The highest BCUT2D eigenvalue weighted by Gasteiger charge is 2.30. The van der Waals surface area contributed by atoms with E-state index in [1.165, 1.54) is 12.1 Å². The van der Waals surface area contributed by atoms with E-state index in [9.17, 15) is 9.18 Å². The Labute approximate surface area is 142 Å². The van der Waals surface area contributed by atoms with Crippen LogP contribution in [0.25, 0.3) is 22.0 Å². The SMILES string of the molecule is O=C1Nc2cc(F)ccc2C1=C1C=C(c2ccc3[nH]ccc3c2)CO1. The number of nitrogens with one attached hydrogen (secondary N) is 2. The molecule has 2 N–H and O–H groups in total. The van der Waals surface area contributed by atoms with E-state index in [0.29, 0.717) is 29.2 Å². The van der Waals surface area contributed by atoms with Gasteiger partial charge in [-0.2, -0.15) is 0 Å². The molecule has 2 aliphatic heterocycles. The quantitative estimate of drug-likeness (QED) is 0.660. The number of hydrogen-bond acceptors (Lipinski definition) is 2. The first kappa shape index (κ1) is 14.0. The van der Waals surface area contributed by atoms with Crippen LogP contribution in [0.5, 0.6) is 0 Å². The molecular weight excluding hydrogens is 319 g/mol. The van der Waals surface area contributed by atoms with Crippen LogP contribution in [0.1, 0.15) is 11.1 Å². The number of aromatic nitrogens is 1. The van der Waals surface area contributed by atoms with Gasteiger partial charge in [-0.05, 0) is 53.4 Å². The van der Waals surface area contributed by atoms with Crippen molar-refractivity contribution in [1.29, 1.82) is 0 Å². The fourth-order valence-corrected chi connectivity index (χ4v) is 3.35. The van der Waals surface area contributed by atoms with Crippen LogP contribution in [-0.2, 0) is 9.53 Å². The number of carbonyl (C=O) groups excluding carboxylic acids is 1. The Morgan fingerprint density at radius 1 is 1.08 bits per heavy atom. The van der Waals surface area contributed by atoms with Crippen LogP contribution in [0.2, 0.25) is 0 Å². The lowest BCUT2D eigenvalue weighted by atomic mass is 10.0. The van der Waals surface area contributed by atoms with E-state index in [2.05, 4.69) is 16.4 Å². The number of hydrogen-bond donors (Lipinski definition) is 2. The van der Waals surface area contributed by atoms with Crippen molar-refractivity contribution in [3.63, 3.8) is 0 Å². The Kier molecular flexibility index (Phi) is 2.85. The molecule has 0 unspecified atom stereocenters. The van der Waals surface area contributed by atoms with Crippen LogP contribution in [0.3, 0.4) is 0 Å². The average Bonchev–Trinajstić information content (AvgIpc) is 3.30. The fourth-order valence-electron chi connectivity index (χ4n) is 3.35. The molecule has 0 saturated carbocycles. The van der Waals surface area contributed by atoms with Crippen molar-refractivity contribution in [3.8, 4) is 0 Å². The number of carbonyl (C=O) groups is 1. The van der Waals surface area contributed by atoms with E-state index < -0.39 is 0 Å². The molecule has 1 amide bonds. The van der Waals surface area contributed by atoms with Crippen LogP contribution in [0, 0.1) is 5.82 Å². The third-order valence-electron chi connectivity index (χ3n) is 4.59. The zero-order valence-corrected chi connectivity index (χ0v) is 13.1. The fraction of sp³-hybridized carbons (Fsp3) is 0.0500. The zero-order chi connectivity index (χ0) is 17.0. The van der Waals surface area contributed by atoms with Gasteiger partial charge < -0.3 is 15.0 Å². The van der Waals surface area contributed by atoms with E-state index in [-0.39, 0.29) is 11.7 Å². The molecule has 4 nitrogen and oxygen atoms in total. The molecule has 0 aliphatic carbocycles. The van der Waals surface area contributed by atoms with Crippen molar-refractivity contribution in [2.45, 2.75) is 0 Å². The van der Waals surface area contributed by atoms with Gasteiger partial charge in [-0.25, -0.2) is 4.39 Å². The third kappa shape index (κ3) is 2.16. The lowest BCUT2D eigenvalue weighted by molar-refractivity contribution is -0.110. The average molecular weight is 332 g/mol. The first-order chi connectivity index (χ1) is 12.2. The van der Waals surface area contributed by atoms with Gasteiger partial charge in [0.2, 0.25) is 0 Å². The largest absolute Gasteiger partial charge is 0.488 e. The van der Waals surface area contributed by atoms with Gasteiger partial charge in [-0.1, -0.05) is 6.07 Å². The standard InChI is InChI=1S/C20H13FN2O2/c21-14-2-3-15-17(9-14)23-20(24)19(15)18-8-13(10-25-18)11-1-4-16-12(7-11)5-6-22-16/h1-9,22H,10H2,(H,23,24). The Balaban J connectivity index is 1.60. The van der Waals surface area contributed by atoms with E-state index in [4.69, 9.17) is 4.74 Å². The summed E-state index contributed by atoms with van der Waals surface area (Å²) in [7, 11) is 0. The van der Waals surface area contributed by atoms with Crippen LogP contribution >= 0.6 is 0 Å². The molecule has 2 aliphatic rings. The number of benzene rings is 2. The lowest BCUT2D eigenvalue weighted by Crippen LogP contribution is -2.05. The minimum atomic E-state index is -0.381. The van der Waals surface area contributed by atoms with Crippen LogP contribution in [-0.4, -0.2) is 17.5 Å². The van der Waals surface area contributed by atoms with Crippen LogP contribution < -0.4 is 5.32 Å². The maximum Gasteiger partial charge on any atom is 0.260 e. The number of aromatic amines is 1. The Hall–Kier alpha value is -3.34. The molecule has 5 heteroatoms. The summed E-state index contributed by atoms with van der Waals surface area (Å²) in [5.74, 6) is -0.130. The van der Waals surface area contributed by atoms with Gasteiger partial charge in [0.15, 0.2) is 0 Å². The predicted octanol–water partition coefficient (Wildman–Crippen LogP) is 4.08. The highest BCUT2D eigenvalue weighted by atomic mass is 19.1. The Bertz CT molecular complexity index is 1110.